The highest BCUT2D eigenvalue weighted by atomic mass is 35.5. The quantitative estimate of drug-likeness (QED) is 0.805. The molecule has 4 heteroatoms. The van der Waals surface area contributed by atoms with Gasteiger partial charge in [0, 0.05) is 11.6 Å². The van der Waals surface area contributed by atoms with Crippen molar-refractivity contribution in [1.82, 2.24) is 5.32 Å². The number of benzene rings is 1. The van der Waals surface area contributed by atoms with Gasteiger partial charge in [-0.05, 0) is 36.0 Å². The van der Waals surface area contributed by atoms with E-state index in [1.807, 2.05) is 38.1 Å². The van der Waals surface area contributed by atoms with Crippen LogP contribution in [-0.2, 0) is 4.79 Å². The first-order valence-electron chi connectivity index (χ1n) is 6.61. The van der Waals surface area contributed by atoms with E-state index in [0.29, 0.717) is 23.9 Å². The van der Waals surface area contributed by atoms with Gasteiger partial charge in [-0.25, -0.2) is 0 Å². The zero-order valence-electron chi connectivity index (χ0n) is 11.7. The van der Waals surface area contributed by atoms with Crippen molar-refractivity contribution < 1.29 is 9.90 Å². The fourth-order valence-electron chi connectivity index (χ4n) is 1.99. The van der Waals surface area contributed by atoms with Crippen molar-refractivity contribution in [2.24, 2.45) is 5.92 Å². The van der Waals surface area contributed by atoms with Crippen molar-refractivity contribution >= 4 is 17.6 Å². The van der Waals surface area contributed by atoms with Gasteiger partial charge in [0.25, 0.3) is 0 Å². The Kier molecular flexibility index (Phi) is 6.32. The van der Waals surface area contributed by atoms with Gasteiger partial charge in [-0.1, -0.05) is 44.5 Å². The molecule has 2 N–H and O–H groups in total. The SMILES string of the molecule is CC(C)C[C@@H](NCC(C)c1cccc(Cl)c1)C(=O)O. The van der Waals surface area contributed by atoms with Crippen molar-refractivity contribution in [3.63, 3.8) is 0 Å². The summed E-state index contributed by atoms with van der Waals surface area (Å²) in [6.45, 7) is 6.74. The Balaban J connectivity index is 2.56. The van der Waals surface area contributed by atoms with Crippen LogP contribution in [0, 0.1) is 5.92 Å². The summed E-state index contributed by atoms with van der Waals surface area (Å²) in [6, 6.07) is 7.20. The number of halogens is 1. The summed E-state index contributed by atoms with van der Waals surface area (Å²) < 4.78 is 0. The van der Waals surface area contributed by atoms with Crippen LogP contribution in [0.3, 0.4) is 0 Å². The minimum atomic E-state index is -0.785. The van der Waals surface area contributed by atoms with Crippen molar-refractivity contribution in [3.05, 3.63) is 34.9 Å². The van der Waals surface area contributed by atoms with Crippen molar-refractivity contribution in [2.75, 3.05) is 6.54 Å². The fourth-order valence-corrected chi connectivity index (χ4v) is 2.19. The van der Waals surface area contributed by atoms with E-state index < -0.39 is 12.0 Å². The van der Waals surface area contributed by atoms with Gasteiger partial charge in [-0.3, -0.25) is 4.79 Å². The first kappa shape index (κ1) is 16.0. The van der Waals surface area contributed by atoms with Crippen LogP contribution in [-0.4, -0.2) is 23.7 Å². The Hall–Kier alpha value is -1.06. The molecule has 19 heavy (non-hydrogen) atoms. The molecule has 0 spiro atoms. The summed E-state index contributed by atoms with van der Waals surface area (Å²) in [6.07, 6.45) is 0.637. The highest BCUT2D eigenvalue weighted by Gasteiger charge is 2.19. The Morgan fingerprint density at radius 2 is 2.05 bits per heavy atom. The molecular formula is C15H22ClNO2. The maximum Gasteiger partial charge on any atom is 0.320 e. The molecule has 0 aromatic heterocycles. The van der Waals surface area contributed by atoms with Gasteiger partial charge in [0.15, 0.2) is 0 Å². The van der Waals surface area contributed by atoms with E-state index in [9.17, 15) is 4.79 Å². The first-order valence-corrected chi connectivity index (χ1v) is 6.99. The number of carboxylic acids is 1. The molecular weight excluding hydrogens is 262 g/mol. The van der Waals surface area contributed by atoms with Gasteiger partial charge in [0.1, 0.15) is 6.04 Å². The number of rotatable bonds is 7. The fraction of sp³-hybridized carbons (Fsp3) is 0.533. The highest BCUT2D eigenvalue weighted by Crippen LogP contribution is 2.19. The molecule has 0 aliphatic rings. The van der Waals surface area contributed by atoms with E-state index in [-0.39, 0.29) is 5.92 Å². The first-order chi connectivity index (χ1) is 8.90. The molecule has 0 aliphatic carbocycles. The van der Waals surface area contributed by atoms with E-state index >= 15 is 0 Å². The summed E-state index contributed by atoms with van der Waals surface area (Å²) >= 11 is 5.96. The normalized spacial score (nSPS) is 14.4. The molecule has 1 rings (SSSR count). The van der Waals surface area contributed by atoms with Crippen LogP contribution in [0.5, 0.6) is 0 Å². The maximum atomic E-state index is 11.2. The second-order valence-electron chi connectivity index (χ2n) is 5.38. The Morgan fingerprint density at radius 3 is 2.58 bits per heavy atom. The Labute approximate surface area is 120 Å². The van der Waals surface area contributed by atoms with Crippen LogP contribution in [0.1, 0.15) is 38.7 Å². The number of carboxylic acid groups (broad SMARTS) is 1. The number of aliphatic carboxylic acids is 1. The van der Waals surface area contributed by atoms with Gasteiger partial charge in [0.2, 0.25) is 0 Å². The molecule has 0 amide bonds. The van der Waals surface area contributed by atoms with Gasteiger partial charge in [-0.15, -0.1) is 0 Å². The van der Waals surface area contributed by atoms with Gasteiger partial charge in [-0.2, -0.15) is 0 Å². The van der Waals surface area contributed by atoms with Crippen LogP contribution in [0.2, 0.25) is 5.02 Å². The summed E-state index contributed by atoms with van der Waals surface area (Å²) in [7, 11) is 0. The van der Waals surface area contributed by atoms with E-state index in [4.69, 9.17) is 16.7 Å². The zero-order valence-corrected chi connectivity index (χ0v) is 12.4. The average molecular weight is 284 g/mol. The maximum absolute atomic E-state index is 11.2. The molecule has 0 fully saturated rings. The molecule has 0 saturated heterocycles. The van der Waals surface area contributed by atoms with E-state index in [1.54, 1.807) is 0 Å². The smallest absolute Gasteiger partial charge is 0.320 e. The molecule has 0 heterocycles. The molecule has 106 valence electrons. The lowest BCUT2D eigenvalue weighted by Gasteiger charge is -2.19. The predicted molar refractivity (Wildman–Crippen MR) is 78.7 cm³/mol. The van der Waals surface area contributed by atoms with Crippen LogP contribution in [0.4, 0.5) is 0 Å². The summed E-state index contributed by atoms with van der Waals surface area (Å²) in [5, 5.41) is 13.0. The van der Waals surface area contributed by atoms with Crippen molar-refractivity contribution in [3.8, 4) is 0 Å². The standard InChI is InChI=1S/C15H22ClNO2/c1-10(2)7-14(15(18)19)17-9-11(3)12-5-4-6-13(16)8-12/h4-6,8,10-11,14,17H,7,9H2,1-3H3,(H,18,19)/t11?,14-/m1/s1. The van der Waals surface area contributed by atoms with Gasteiger partial charge in [0.05, 0.1) is 0 Å². The second kappa shape index (κ2) is 7.51. The average Bonchev–Trinajstić information content (AvgIpc) is 2.33. The van der Waals surface area contributed by atoms with Gasteiger partial charge < -0.3 is 10.4 Å². The minimum absolute atomic E-state index is 0.229. The monoisotopic (exact) mass is 283 g/mol. The molecule has 3 nitrogen and oxygen atoms in total. The lowest BCUT2D eigenvalue weighted by atomic mass is 9.99. The minimum Gasteiger partial charge on any atom is -0.480 e. The summed E-state index contributed by atoms with van der Waals surface area (Å²) in [4.78, 5) is 11.2. The third-order valence-corrected chi connectivity index (χ3v) is 3.33. The number of hydrogen-bond acceptors (Lipinski definition) is 2. The van der Waals surface area contributed by atoms with Crippen LogP contribution in [0.25, 0.3) is 0 Å². The molecule has 0 bridgehead atoms. The third kappa shape index (κ3) is 5.62. The van der Waals surface area contributed by atoms with E-state index in [0.717, 1.165) is 5.56 Å². The zero-order chi connectivity index (χ0) is 14.4. The molecule has 1 aromatic rings. The molecule has 0 saturated carbocycles. The van der Waals surface area contributed by atoms with Gasteiger partial charge >= 0.3 is 5.97 Å². The lowest BCUT2D eigenvalue weighted by molar-refractivity contribution is -0.139. The summed E-state index contributed by atoms with van der Waals surface area (Å²) in [5.74, 6) is -0.199. The molecule has 1 aromatic carbocycles. The Bertz CT molecular complexity index is 420. The van der Waals surface area contributed by atoms with Crippen molar-refractivity contribution in [1.29, 1.82) is 0 Å². The van der Waals surface area contributed by atoms with E-state index in [1.165, 1.54) is 0 Å². The number of hydrogen-bond donors (Lipinski definition) is 2. The van der Waals surface area contributed by atoms with Crippen LogP contribution >= 0.6 is 11.6 Å². The number of nitrogens with one attached hydrogen (secondary N) is 1. The number of carbonyl (C=O) groups is 1. The van der Waals surface area contributed by atoms with Crippen molar-refractivity contribution in [2.45, 2.75) is 39.2 Å². The lowest BCUT2D eigenvalue weighted by Crippen LogP contribution is -2.39. The van der Waals surface area contributed by atoms with Crippen LogP contribution in [0.15, 0.2) is 24.3 Å². The van der Waals surface area contributed by atoms with Crippen LogP contribution < -0.4 is 5.32 Å². The molecule has 1 unspecified atom stereocenters. The largest absolute Gasteiger partial charge is 0.480 e. The second-order valence-corrected chi connectivity index (χ2v) is 5.82. The summed E-state index contributed by atoms with van der Waals surface area (Å²) in [5.41, 5.74) is 1.12. The molecule has 0 radical (unpaired) electrons. The topological polar surface area (TPSA) is 49.3 Å². The van der Waals surface area contributed by atoms with E-state index in [2.05, 4.69) is 12.2 Å². The molecule has 0 aliphatic heterocycles. The Morgan fingerprint density at radius 1 is 1.37 bits per heavy atom. The molecule has 2 atom stereocenters. The predicted octanol–water partition coefficient (Wildman–Crippen LogP) is 3.53. The highest BCUT2D eigenvalue weighted by molar-refractivity contribution is 6.30. The third-order valence-electron chi connectivity index (χ3n) is 3.09.